The highest BCUT2D eigenvalue weighted by Gasteiger charge is 2.10. The Balaban J connectivity index is 2.50. The molecule has 0 spiro atoms. The van der Waals surface area contributed by atoms with Crippen molar-refractivity contribution in [1.29, 1.82) is 0 Å². The maximum Gasteiger partial charge on any atom is 0.0885 e. The molecule has 0 aliphatic heterocycles. The molecule has 0 unspecified atom stereocenters. The van der Waals surface area contributed by atoms with Crippen LogP contribution in [0, 0.1) is 0 Å². The van der Waals surface area contributed by atoms with Gasteiger partial charge in [-0.3, -0.25) is 0 Å². The summed E-state index contributed by atoms with van der Waals surface area (Å²) in [6.07, 6.45) is 1.70. The lowest BCUT2D eigenvalue weighted by atomic mass is 10.3. The Morgan fingerprint density at radius 2 is 2.12 bits per heavy atom. The minimum absolute atomic E-state index is 0.475. The molecule has 2 aromatic rings. The number of hydrogen-bond donors (Lipinski definition) is 0. The number of nitrogens with zero attached hydrogens (tertiary/aromatic N) is 2. The van der Waals surface area contributed by atoms with Crippen LogP contribution in [0.1, 0.15) is 5.69 Å². The van der Waals surface area contributed by atoms with Gasteiger partial charge < -0.3 is 4.74 Å². The quantitative estimate of drug-likeness (QED) is 0.843. The number of benzene rings is 1. The van der Waals surface area contributed by atoms with E-state index >= 15 is 0 Å². The molecule has 0 N–H and O–H groups in total. The van der Waals surface area contributed by atoms with E-state index in [9.17, 15) is 0 Å². The number of halogens is 2. The first-order chi connectivity index (χ1) is 7.74. The van der Waals surface area contributed by atoms with Crippen LogP contribution in [0.3, 0.4) is 0 Å². The molecule has 0 saturated heterocycles. The van der Waals surface area contributed by atoms with Gasteiger partial charge in [-0.2, -0.15) is 5.10 Å². The third kappa shape index (κ3) is 2.07. The summed E-state index contributed by atoms with van der Waals surface area (Å²) in [6, 6.07) is 7.32. The third-order valence-corrected chi connectivity index (χ3v) is 2.98. The average Bonchev–Trinajstić information content (AvgIpc) is 2.71. The van der Waals surface area contributed by atoms with E-state index in [0.29, 0.717) is 16.7 Å². The van der Waals surface area contributed by atoms with Gasteiger partial charge in [-0.05, 0) is 18.2 Å². The predicted octanol–water partition coefficient (Wildman–Crippen LogP) is 3.33. The highest BCUT2D eigenvalue weighted by molar-refractivity contribution is 6.43. The molecule has 0 aliphatic carbocycles. The first-order valence-corrected chi connectivity index (χ1v) is 5.46. The molecule has 0 radical (unpaired) electrons. The van der Waals surface area contributed by atoms with Crippen LogP contribution in [0.4, 0.5) is 0 Å². The molecule has 0 bridgehead atoms. The van der Waals surface area contributed by atoms with Gasteiger partial charge in [-0.1, -0.05) is 29.3 Å². The minimum atomic E-state index is 0.475. The lowest BCUT2D eigenvalue weighted by molar-refractivity contribution is 0.179. The molecule has 5 heteroatoms. The molecular weight excluding hydrogens is 247 g/mol. The van der Waals surface area contributed by atoms with E-state index in [2.05, 4.69) is 5.10 Å². The second-order valence-corrected chi connectivity index (χ2v) is 4.03. The normalized spacial score (nSPS) is 10.7. The van der Waals surface area contributed by atoms with E-state index in [-0.39, 0.29) is 0 Å². The molecule has 16 heavy (non-hydrogen) atoms. The molecule has 2 rings (SSSR count). The van der Waals surface area contributed by atoms with E-state index in [0.717, 1.165) is 11.4 Å². The minimum Gasteiger partial charge on any atom is -0.378 e. The van der Waals surface area contributed by atoms with Crippen molar-refractivity contribution in [3.63, 3.8) is 0 Å². The summed E-state index contributed by atoms with van der Waals surface area (Å²) in [5.74, 6) is 0. The van der Waals surface area contributed by atoms with Gasteiger partial charge in [0, 0.05) is 13.3 Å². The second-order valence-electron chi connectivity index (χ2n) is 3.24. The Kier molecular flexibility index (Phi) is 3.49. The van der Waals surface area contributed by atoms with Gasteiger partial charge in [0.05, 0.1) is 28.0 Å². The van der Waals surface area contributed by atoms with E-state index in [1.807, 2.05) is 18.2 Å². The molecule has 0 fully saturated rings. The maximum absolute atomic E-state index is 6.12. The molecule has 0 amide bonds. The van der Waals surface area contributed by atoms with E-state index in [4.69, 9.17) is 27.9 Å². The molecule has 1 aromatic carbocycles. The first-order valence-electron chi connectivity index (χ1n) is 4.70. The summed E-state index contributed by atoms with van der Waals surface area (Å²) < 4.78 is 6.80. The van der Waals surface area contributed by atoms with Gasteiger partial charge in [-0.25, -0.2) is 4.68 Å². The van der Waals surface area contributed by atoms with Crippen LogP contribution < -0.4 is 0 Å². The topological polar surface area (TPSA) is 27.1 Å². The van der Waals surface area contributed by atoms with Crippen LogP contribution in [0.2, 0.25) is 10.0 Å². The lowest BCUT2D eigenvalue weighted by Crippen LogP contribution is -2.03. The summed E-state index contributed by atoms with van der Waals surface area (Å²) in [7, 11) is 1.64. The van der Waals surface area contributed by atoms with Crippen LogP contribution in [-0.4, -0.2) is 16.9 Å². The maximum atomic E-state index is 6.12. The summed E-state index contributed by atoms with van der Waals surface area (Å²) in [6.45, 7) is 0.475. The molecule has 1 aromatic heterocycles. The van der Waals surface area contributed by atoms with Crippen molar-refractivity contribution in [2.75, 3.05) is 7.11 Å². The van der Waals surface area contributed by atoms with Gasteiger partial charge in [0.2, 0.25) is 0 Å². The van der Waals surface area contributed by atoms with Gasteiger partial charge in [0.15, 0.2) is 0 Å². The Morgan fingerprint density at radius 1 is 1.31 bits per heavy atom. The highest BCUT2D eigenvalue weighted by atomic mass is 35.5. The Hall–Kier alpha value is -1.03. The van der Waals surface area contributed by atoms with Crippen molar-refractivity contribution >= 4 is 23.2 Å². The van der Waals surface area contributed by atoms with Gasteiger partial charge in [-0.15, -0.1) is 0 Å². The summed E-state index contributed by atoms with van der Waals surface area (Å²) >= 11 is 12.1. The summed E-state index contributed by atoms with van der Waals surface area (Å²) in [4.78, 5) is 0. The SMILES string of the molecule is COCc1ccnn1-c1cccc(Cl)c1Cl. The fraction of sp³-hybridized carbons (Fsp3) is 0.182. The summed E-state index contributed by atoms with van der Waals surface area (Å²) in [5, 5.41) is 5.20. The Labute approximate surface area is 104 Å². The number of methoxy groups -OCH3 is 1. The highest BCUT2D eigenvalue weighted by Crippen LogP contribution is 2.28. The Morgan fingerprint density at radius 3 is 2.88 bits per heavy atom. The molecule has 0 atom stereocenters. The van der Waals surface area contributed by atoms with Crippen LogP contribution in [-0.2, 0) is 11.3 Å². The monoisotopic (exact) mass is 256 g/mol. The first kappa shape index (κ1) is 11.5. The number of aromatic nitrogens is 2. The zero-order valence-corrected chi connectivity index (χ0v) is 10.2. The van der Waals surface area contributed by atoms with Crippen molar-refractivity contribution in [2.24, 2.45) is 0 Å². The van der Waals surface area contributed by atoms with Crippen molar-refractivity contribution in [3.8, 4) is 5.69 Å². The number of hydrogen-bond acceptors (Lipinski definition) is 2. The van der Waals surface area contributed by atoms with Gasteiger partial charge in [0.25, 0.3) is 0 Å². The second kappa shape index (κ2) is 4.87. The van der Waals surface area contributed by atoms with Crippen LogP contribution in [0.5, 0.6) is 0 Å². The van der Waals surface area contributed by atoms with Crippen molar-refractivity contribution in [1.82, 2.24) is 9.78 Å². The zero-order chi connectivity index (χ0) is 11.5. The van der Waals surface area contributed by atoms with E-state index in [1.54, 1.807) is 24.1 Å². The zero-order valence-electron chi connectivity index (χ0n) is 8.65. The third-order valence-electron chi connectivity index (χ3n) is 2.17. The molecule has 84 valence electrons. The molecular formula is C11H10Cl2N2O. The lowest BCUT2D eigenvalue weighted by Gasteiger charge is -2.09. The van der Waals surface area contributed by atoms with Crippen LogP contribution in [0.25, 0.3) is 5.69 Å². The number of rotatable bonds is 3. The fourth-order valence-corrected chi connectivity index (χ4v) is 1.84. The van der Waals surface area contributed by atoms with Crippen molar-refractivity contribution in [2.45, 2.75) is 6.61 Å². The van der Waals surface area contributed by atoms with E-state index in [1.165, 1.54) is 0 Å². The van der Waals surface area contributed by atoms with Crippen LogP contribution in [0.15, 0.2) is 30.5 Å². The Bertz CT molecular complexity index is 496. The van der Waals surface area contributed by atoms with Crippen LogP contribution >= 0.6 is 23.2 Å². The smallest absolute Gasteiger partial charge is 0.0885 e. The molecule has 0 saturated carbocycles. The summed E-state index contributed by atoms with van der Waals surface area (Å²) in [5.41, 5.74) is 1.68. The molecule has 1 heterocycles. The van der Waals surface area contributed by atoms with Crippen molar-refractivity contribution < 1.29 is 4.74 Å². The van der Waals surface area contributed by atoms with Gasteiger partial charge >= 0.3 is 0 Å². The fourth-order valence-electron chi connectivity index (χ4n) is 1.46. The van der Waals surface area contributed by atoms with Crippen molar-refractivity contribution in [3.05, 3.63) is 46.2 Å². The van der Waals surface area contributed by atoms with Gasteiger partial charge in [0.1, 0.15) is 0 Å². The predicted molar refractivity (Wildman–Crippen MR) is 64.3 cm³/mol. The standard InChI is InChI=1S/C11H10Cl2N2O/c1-16-7-8-5-6-14-15(8)10-4-2-3-9(12)11(10)13/h2-6H,7H2,1H3. The molecule has 0 aliphatic rings. The number of ether oxygens (including phenoxy) is 1. The average molecular weight is 257 g/mol. The van der Waals surface area contributed by atoms with E-state index < -0.39 is 0 Å². The molecule has 3 nitrogen and oxygen atoms in total. The largest absolute Gasteiger partial charge is 0.378 e.